The predicted octanol–water partition coefficient (Wildman–Crippen LogP) is 5.33. The maximum absolute atomic E-state index is 13.6. The molecule has 4 aliphatic rings. The number of urea groups is 4. The third-order valence-electron chi connectivity index (χ3n) is 6.79. The number of amides is 10. The van der Waals surface area contributed by atoms with E-state index in [1.54, 1.807) is 0 Å². The van der Waals surface area contributed by atoms with Gasteiger partial charge in [0.25, 0.3) is 11.8 Å². The van der Waals surface area contributed by atoms with Crippen LogP contribution < -0.4 is 10.6 Å². The lowest BCUT2D eigenvalue weighted by atomic mass is 10.1. The smallest absolute Gasteiger partial charge is 0.340 e. The zero-order valence-corrected chi connectivity index (χ0v) is 27.9. The summed E-state index contributed by atoms with van der Waals surface area (Å²) in [5.74, 6) is -1.72. The summed E-state index contributed by atoms with van der Waals surface area (Å²) < 4.78 is 0.719. The van der Waals surface area contributed by atoms with Gasteiger partial charge in [0, 0.05) is 33.7 Å². The second kappa shape index (κ2) is 13.2. The first-order valence-corrected chi connectivity index (χ1v) is 16.9. The molecule has 5 rings (SSSR count). The van der Waals surface area contributed by atoms with E-state index in [2.05, 4.69) is 32.8 Å². The van der Waals surface area contributed by atoms with Gasteiger partial charge >= 0.3 is 24.1 Å². The Balaban J connectivity index is 1.65. The van der Waals surface area contributed by atoms with E-state index in [0.717, 1.165) is 47.0 Å². The first-order valence-electron chi connectivity index (χ1n) is 13.7. The number of fused-ring (bicyclic) bond motifs is 2. The van der Waals surface area contributed by atoms with Crippen molar-refractivity contribution in [3.05, 3.63) is 30.7 Å². The van der Waals surface area contributed by atoms with Crippen molar-refractivity contribution in [2.45, 2.75) is 59.1 Å². The van der Waals surface area contributed by atoms with Crippen molar-refractivity contribution in [2.75, 3.05) is 14.1 Å². The van der Waals surface area contributed by atoms with E-state index in [1.165, 1.54) is 14.1 Å². The molecule has 1 aromatic rings. The van der Waals surface area contributed by atoms with Crippen LogP contribution in [0.15, 0.2) is 49.2 Å². The molecule has 0 spiro atoms. The molecular formula is C28H22N8O6S4. The van der Waals surface area contributed by atoms with Gasteiger partial charge in [0.15, 0.2) is 0 Å². The van der Waals surface area contributed by atoms with Crippen LogP contribution in [0.4, 0.5) is 19.2 Å². The third-order valence-corrected chi connectivity index (χ3v) is 12.1. The van der Waals surface area contributed by atoms with Gasteiger partial charge in [-0.05, 0) is 12.8 Å². The van der Waals surface area contributed by atoms with E-state index in [0.29, 0.717) is 50.7 Å². The van der Waals surface area contributed by atoms with Crippen LogP contribution in [-0.2, 0) is 9.59 Å². The first-order chi connectivity index (χ1) is 22.1. The minimum absolute atomic E-state index is 0.0412. The summed E-state index contributed by atoms with van der Waals surface area (Å²) in [5.41, 5.74) is 0.874. The average Bonchev–Trinajstić information content (AvgIpc) is 3.64. The fourth-order valence-electron chi connectivity index (χ4n) is 4.78. The second-order valence-corrected chi connectivity index (χ2v) is 14.2. The maximum atomic E-state index is 13.6. The standard InChI is InChI=1S/C28H22N8O6S4/c1-5-7-13-15(21(37)35(25(39)31-3)27(41)33-13)23-43-17-11(9-29)19-20(12(10-30)18(17)44-23)46-24(45-19)16-14(8-6-2)34-28(42)36(22(16)38)26(40)32-4/h5-8H2,1-4H3,(H,31,39)(H,32,40). The summed E-state index contributed by atoms with van der Waals surface area (Å²) in [5, 5.41) is 25.2. The largest absolute Gasteiger partial charge is 0.359 e. The Bertz CT molecular complexity index is 1730. The predicted molar refractivity (Wildman–Crippen MR) is 171 cm³/mol. The number of carbonyl (C=O) groups excluding carboxylic acids is 6. The number of benzene rings is 1. The summed E-state index contributed by atoms with van der Waals surface area (Å²) in [7, 11) is 2.56. The highest BCUT2D eigenvalue weighted by Crippen LogP contribution is 2.63. The molecule has 0 saturated carbocycles. The number of hydrogen-bond donors (Lipinski definition) is 2. The molecule has 0 aromatic heterocycles. The van der Waals surface area contributed by atoms with Gasteiger partial charge in [-0.2, -0.15) is 30.3 Å². The highest BCUT2D eigenvalue weighted by Gasteiger charge is 2.44. The van der Waals surface area contributed by atoms with E-state index in [-0.39, 0.29) is 46.5 Å². The van der Waals surface area contributed by atoms with Gasteiger partial charge in [0.05, 0.1) is 42.2 Å². The lowest BCUT2D eigenvalue weighted by Gasteiger charge is -2.24. The van der Waals surface area contributed by atoms with E-state index in [1.807, 2.05) is 13.8 Å². The van der Waals surface area contributed by atoms with Crippen molar-refractivity contribution < 1.29 is 28.8 Å². The van der Waals surface area contributed by atoms with E-state index < -0.39 is 35.9 Å². The lowest BCUT2D eigenvalue weighted by molar-refractivity contribution is -0.122. The van der Waals surface area contributed by atoms with Gasteiger partial charge in [-0.25, -0.2) is 19.2 Å². The molecular weight excluding hydrogens is 673 g/mol. The van der Waals surface area contributed by atoms with Crippen molar-refractivity contribution in [1.29, 1.82) is 10.5 Å². The van der Waals surface area contributed by atoms with Crippen molar-refractivity contribution >= 4 is 94.4 Å². The molecule has 0 fully saturated rings. The van der Waals surface area contributed by atoms with Gasteiger partial charge in [-0.1, -0.05) is 73.7 Å². The average molecular weight is 695 g/mol. The Morgan fingerprint density at radius 1 is 0.674 bits per heavy atom. The first kappa shape index (κ1) is 33.0. The molecule has 1 aromatic carbocycles. The van der Waals surface area contributed by atoms with E-state index in [4.69, 9.17) is 0 Å². The number of carbonyl (C=O) groups is 6. The van der Waals surface area contributed by atoms with Crippen LogP contribution in [0.5, 0.6) is 0 Å². The Morgan fingerprint density at radius 3 is 1.26 bits per heavy atom. The summed E-state index contributed by atoms with van der Waals surface area (Å²) in [6.07, 6.45) is 1.65. The van der Waals surface area contributed by atoms with E-state index in [9.17, 15) is 39.3 Å². The molecule has 46 heavy (non-hydrogen) atoms. The van der Waals surface area contributed by atoms with Gasteiger partial charge in [-0.3, -0.25) is 9.59 Å². The maximum Gasteiger partial charge on any atom is 0.359 e. The molecule has 14 nitrogen and oxygen atoms in total. The van der Waals surface area contributed by atoms with E-state index >= 15 is 0 Å². The zero-order valence-electron chi connectivity index (χ0n) is 24.6. The minimum Gasteiger partial charge on any atom is -0.340 e. The fourth-order valence-corrected chi connectivity index (χ4v) is 10.5. The van der Waals surface area contributed by atoms with Crippen LogP contribution in [0.3, 0.4) is 0 Å². The van der Waals surface area contributed by atoms with Crippen LogP contribution in [0.2, 0.25) is 0 Å². The monoisotopic (exact) mass is 694 g/mol. The molecule has 10 amide bonds. The summed E-state index contributed by atoms with van der Waals surface area (Å²) in [4.78, 5) is 87.6. The van der Waals surface area contributed by atoms with Gasteiger partial charge < -0.3 is 10.6 Å². The number of nitriles is 2. The zero-order chi connectivity index (χ0) is 33.4. The molecule has 234 valence electrons. The van der Waals surface area contributed by atoms with Gasteiger partial charge in [-0.15, -0.1) is 0 Å². The normalized spacial score (nSPS) is 17.4. The summed E-state index contributed by atoms with van der Waals surface area (Å²) in [6.45, 7) is 3.69. The fraction of sp³-hybridized carbons (Fsp3) is 0.286. The molecule has 0 atom stereocenters. The molecule has 0 bridgehead atoms. The molecule has 0 aliphatic carbocycles. The minimum atomic E-state index is -1.01. The Kier molecular flexibility index (Phi) is 9.45. The van der Waals surface area contributed by atoms with Crippen LogP contribution in [0.1, 0.15) is 50.7 Å². The van der Waals surface area contributed by atoms with Crippen LogP contribution in [0, 0.1) is 22.7 Å². The number of nitrogens with zero attached hydrogens (tertiary/aromatic N) is 6. The highest BCUT2D eigenvalue weighted by molar-refractivity contribution is 8.26. The summed E-state index contributed by atoms with van der Waals surface area (Å²) >= 11 is 4.25. The Morgan fingerprint density at radius 2 is 1.00 bits per heavy atom. The SMILES string of the molecule is CCCC1=NC(=O)N(C(=O)NC)C(=O)C1=C1Sc2c(C#N)c3c(c(C#N)c2S1)SC(=C1C(=O)N(C(=O)NC)C(=O)N=C1CCC)S3. The summed E-state index contributed by atoms with van der Waals surface area (Å²) in [6, 6.07) is 0.488. The number of nitrogens with one attached hydrogen (secondary N) is 2. The van der Waals surface area contributed by atoms with Gasteiger partial charge in [0.1, 0.15) is 12.1 Å². The molecule has 0 saturated heterocycles. The van der Waals surface area contributed by atoms with Crippen molar-refractivity contribution in [1.82, 2.24) is 20.4 Å². The quantitative estimate of drug-likeness (QED) is 0.384. The number of thioether (sulfide) groups is 4. The number of rotatable bonds is 4. The number of hydrogen-bond acceptors (Lipinski definition) is 12. The Labute approximate surface area is 279 Å². The molecule has 2 N–H and O–H groups in total. The molecule has 18 heteroatoms. The Hall–Kier alpha value is -4.36. The lowest BCUT2D eigenvalue weighted by Crippen LogP contribution is -2.49. The van der Waals surface area contributed by atoms with Crippen molar-refractivity contribution in [3.63, 3.8) is 0 Å². The van der Waals surface area contributed by atoms with Crippen molar-refractivity contribution in [3.8, 4) is 12.1 Å². The highest BCUT2D eigenvalue weighted by atomic mass is 32.2. The molecule has 4 aliphatic heterocycles. The van der Waals surface area contributed by atoms with Crippen LogP contribution >= 0.6 is 47.0 Å². The molecule has 0 radical (unpaired) electrons. The van der Waals surface area contributed by atoms with Gasteiger partial charge in [0.2, 0.25) is 0 Å². The van der Waals surface area contributed by atoms with Crippen molar-refractivity contribution in [2.24, 2.45) is 9.98 Å². The topological polar surface area (TPSA) is 205 Å². The van der Waals surface area contributed by atoms with Crippen LogP contribution in [0.25, 0.3) is 0 Å². The molecule has 0 unspecified atom stereocenters. The third kappa shape index (κ3) is 5.30. The second-order valence-electron chi connectivity index (χ2n) is 9.60. The molecule has 4 heterocycles. The van der Waals surface area contributed by atoms with Crippen LogP contribution in [-0.4, -0.2) is 71.3 Å². The number of aliphatic imine (C=N–C) groups is 2. The number of imide groups is 6.